The Morgan fingerprint density at radius 1 is 1.21 bits per heavy atom. The van der Waals surface area contributed by atoms with Crippen LogP contribution in [0.15, 0.2) is 53.1 Å². The maximum Gasteiger partial charge on any atom is 0.234 e. The van der Waals surface area contributed by atoms with Gasteiger partial charge in [-0.15, -0.1) is 0 Å². The van der Waals surface area contributed by atoms with Gasteiger partial charge in [-0.05, 0) is 29.8 Å². The van der Waals surface area contributed by atoms with Crippen LogP contribution in [-0.2, 0) is 9.59 Å². The lowest BCUT2D eigenvalue weighted by molar-refractivity contribution is -0.121. The lowest BCUT2D eigenvalue weighted by atomic mass is 9.87. The Morgan fingerprint density at radius 2 is 1.93 bits per heavy atom. The van der Waals surface area contributed by atoms with Gasteiger partial charge >= 0.3 is 0 Å². The van der Waals surface area contributed by atoms with Gasteiger partial charge in [0.05, 0.1) is 38.2 Å². The second-order valence-electron chi connectivity index (χ2n) is 6.15. The number of nitrogens with one attached hydrogen (secondary N) is 2. The highest BCUT2D eigenvalue weighted by atomic mass is 35.5. The molecule has 5 nitrogen and oxygen atoms in total. The first kappa shape index (κ1) is 21.5. The van der Waals surface area contributed by atoms with Crippen LogP contribution in [0.25, 0.3) is 0 Å². The van der Waals surface area contributed by atoms with E-state index >= 15 is 0 Å². The molecule has 0 aromatic heterocycles. The molecule has 1 aliphatic heterocycles. The van der Waals surface area contributed by atoms with Gasteiger partial charge in [0, 0.05) is 17.4 Å². The number of allylic oxidation sites excluding steroid dienone is 1. The Labute approximate surface area is 187 Å². The first-order chi connectivity index (χ1) is 13.9. The molecular weight excluding hydrogens is 453 g/mol. The van der Waals surface area contributed by atoms with Crippen LogP contribution in [-0.4, -0.2) is 17.6 Å². The fourth-order valence-electron chi connectivity index (χ4n) is 2.84. The molecule has 0 unspecified atom stereocenters. The third-order valence-corrected chi connectivity index (χ3v) is 6.29. The highest BCUT2D eigenvalue weighted by molar-refractivity contribution is 8.03. The third-order valence-electron chi connectivity index (χ3n) is 4.20. The Morgan fingerprint density at radius 3 is 2.62 bits per heavy atom. The largest absolute Gasteiger partial charge is 0.324 e. The topological polar surface area (TPSA) is 82.0 Å². The number of amides is 2. The van der Waals surface area contributed by atoms with Crippen LogP contribution in [0.5, 0.6) is 0 Å². The minimum absolute atomic E-state index is 0.0169. The van der Waals surface area contributed by atoms with Crippen LogP contribution in [0.2, 0.25) is 15.1 Å². The van der Waals surface area contributed by atoms with Gasteiger partial charge in [0.2, 0.25) is 11.8 Å². The normalized spacial score (nSPS) is 16.2. The van der Waals surface area contributed by atoms with E-state index in [1.54, 1.807) is 42.5 Å². The van der Waals surface area contributed by atoms with Crippen molar-refractivity contribution in [1.29, 1.82) is 5.26 Å². The summed E-state index contributed by atoms with van der Waals surface area (Å²) in [5, 5.41) is 16.6. The number of carbonyl (C=O) groups is 2. The number of nitriles is 1. The average Bonchev–Trinajstić information content (AvgIpc) is 2.70. The first-order valence-electron chi connectivity index (χ1n) is 8.45. The van der Waals surface area contributed by atoms with Crippen molar-refractivity contribution in [2.24, 2.45) is 0 Å². The molecule has 1 heterocycles. The summed E-state index contributed by atoms with van der Waals surface area (Å²) in [5.74, 6) is -0.965. The summed E-state index contributed by atoms with van der Waals surface area (Å²) in [6, 6.07) is 14.1. The monoisotopic (exact) mass is 465 g/mol. The Bertz CT molecular complexity index is 1030. The Balaban J connectivity index is 1.76. The molecule has 1 aliphatic rings. The van der Waals surface area contributed by atoms with Gasteiger partial charge in [-0.2, -0.15) is 5.26 Å². The molecule has 2 aromatic rings. The van der Waals surface area contributed by atoms with E-state index in [1.807, 2.05) is 0 Å². The second kappa shape index (κ2) is 9.55. The van der Waals surface area contributed by atoms with Gasteiger partial charge in [-0.25, -0.2) is 0 Å². The standard InChI is InChI=1S/C20H14Cl3N3O2S/c21-12-6-4-11(5-7-12)13-8-17(27)26-20(14(13)9-24)29-10-18(28)25-16-3-1-2-15(22)19(16)23/h1-7,13H,8,10H2,(H,25,28)(H,26,27)/t13-/m0/s1. The molecular formula is C20H14Cl3N3O2S. The van der Waals surface area contributed by atoms with Crippen LogP contribution in [0.4, 0.5) is 5.69 Å². The van der Waals surface area contributed by atoms with Gasteiger partial charge in [0.15, 0.2) is 0 Å². The molecule has 2 amide bonds. The fraction of sp³-hybridized carbons (Fsp3) is 0.150. The summed E-state index contributed by atoms with van der Waals surface area (Å²) in [4.78, 5) is 24.5. The number of carbonyl (C=O) groups excluding carboxylic acids is 2. The zero-order valence-electron chi connectivity index (χ0n) is 14.8. The highest BCUT2D eigenvalue weighted by Crippen LogP contribution is 2.36. The summed E-state index contributed by atoms with van der Waals surface area (Å²) < 4.78 is 0. The quantitative estimate of drug-likeness (QED) is 0.621. The zero-order chi connectivity index (χ0) is 21.0. The maximum absolute atomic E-state index is 12.3. The van der Waals surface area contributed by atoms with Crippen molar-refractivity contribution in [3.63, 3.8) is 0 Å². The summed E-state index contributed by atoms with van der Waals surface area (Å²) in [7, 11) is 0. The number of thioether (sulfide) groups is 1. The molecule has 0 bridgehead atoms. The molecule has 9 heteroatoms. The van der Waals surface area contributed by atoms with Crippen molar-refractivity contribution >= 4 is 64.1 Å². The minimum atomic E-state index is -0.390. The number of nitrogens with zero attached hydrogens (tertiary/aromatic N) is 1. The molecule has 3 rings (SSSR count). The maximum atomic E-state index is 12.3. The predicted octanol–water partition coefficient (Wildman–Crippen LogP) is 5.36. The molecule has 0 saturated heterocycles. The van der Waals surface area contributed by atoms with E-state index in [2.05, 4.69) is 16.7 Å². The smallest absolute Gasteiger partial charge is 0.234 e. The Hall–Kier alpha value is -2.17. The molecule has 0 saturated carbocycles. The Kier molecular flexibility index (Phi) is 7.09. The molecule has 29 heavy (non-hydrogen) atoms. The number of benzene rings is 2. The van der Waals surface area contributed by atoms with Crippen LogP contribution >= 0.6 is 46.6 Å². The summed E-state index contributed by atoms with van der Waals surface area (Å²) in [5.41, 5.74) is 1.62. The van der Waals surface area contributed by atoms with Crippen molar-refractivity contribution in [2.45, 2.75) is 12.3 Å². The highest BCUT2D eigenvalue weighted by Gasteiger charge is 2.29. The SMILES string of the molecule is N#CC1=C(SCC(=O)Nc2cccc(Cl)c2Cl)NC(=O)C[C@H]1c1ccc(Cl)cc1. The van der Waals surface area contributed by atoms with E-state index < -0.39 is 0 Å². The molecule has 0 radical (unpaired) electrons. The van der Waals surface area contributed by atoms with Gasteiger partial charge in [-0.3, -0.25) is 9.59 Å². The minimum Gasteiger partial charge on any atom is -0.324 e. The number of halogens is 3. The van der Waals surface area contributed by atoms with E-state index in [0.717, 1.165) is 17.3 Å². The summed E-state index contributed by atoms with van der Waals surface area (Å²) in [6.07, 6.45) is 0.152. The molecule has 2 aromatic carbocycles. The molecule has 0 aliphatic carbocycles. The number of hydrogen-bond donors (Lipinski definition) is 2. The van der Waals surface area contributed by atoms with Crippen LogP contribution < -0.4 is 10.6 Å². The molecule has 0 spiro atoms. The molecule has 1 atom stereocenters. The number of anilines is 1. The lowest BCUT2D eigenvalue weighted by Crippen LogP contribution is -2.31. The van der Waals surface area contributed by atoms with Crippen LogP contribution in [0.1, 0.15) is 17.9 Å². The third kappa shape index (κ3) is 5.26. The van der Waals surface area contributed by atoms with E-state index in [0.29, 0.717) is 26.3 Å². The van der Waals surface area contributed by atoms with E-state index in [9.17, 15) is 14.9 Å². The summed E-state index contributed by atoms with van der Waals surface area (Å²) in [6.45, 7) is 0. The summed E-state index contributed by atoms with van der Waals surface area (Å²) >= 11 is 19.0. The van der Waals surface area contributed by atoms with E-state index in [4.69, 9.17) is 34.8 Å². The van der Waals surface area contributed by atoms with Crippen molar-refractivity contribution in [3.05, 3.63) is 73.7 Å². The van der Waals surface area contributed by atoms with Crippen molar-refractivity contribution in [1.82, 2.24) is 5.32 Å². The van der Waals surface area contributed by atoms with E-state index in [-0.39, 0.29) is 34.9 Å². The van der Waals surface area contributed by atoms with Crippen LogP contribution in [0, 0.1) is 11.3 Å². The molecule has 0 fully saturated rings. The van der Waals surface area contributed by atoms with Crippen molar-refractivity contribution < 1.29 is 9.59 Å². The lowest BCUT2D eigenvalue weighted by Gasteiger charge is -2.25. The fourth-order valence-corrected chi connectivity index (χ4v) is 4.19. The molecule has 2 N–H and O–H groups in total. The van der Waals surface area contributed by atoms with Gasteiger partial charge in [-0.1, -0.05) is 64.8 Å². The second-order valence-corrected chi connectivity index (χ2v) is 8.36. The zero-order valence-corrected chi connectivity index (χ0v) is 17.9. The van der Waals surface area contributed by atoms with Gasteiger partial charge < -0.3 is 10.6 Å². The van der Waals surface area contributed by atoms with Crippen LogP contribution in [0.3, 0.4) is 0 Å². The molecule has 148 valence electrons. The van der Waals surface area contributed by atoms with Gasteiger partial charge in [0.25, 0.3) is 0 Å². The van der Waals surface area contributed by atoms with Crippen molar-refractivity contribution in [2.75, 3.05) is 11.1 Å². The van der Waals surface area contributed by atoms with Crippen molar-refractivity contribution in [3.8, 4) is 6.07 Å². The number of hydrogen-bond acceptors (Lipinski definition) is 4. The van der Waals surface area contributed by atoms with E-state index in [1.165, 1.54) is 0 Å². The number of rotatable bonds is 5. The average molecular weight is 467 g/mol. The van der Waals surface area contributed by atoms with Gasteiger partial charge in [0.1, 0.15) is 0 Å². The first-order valence-corrected chi connectivity index (χ1v) is 10.6. The predicted molar refractivity (Wildman–Crippen MR) is 117 cm³/mol.